The van der Waals surface area contributed by atoms with Crippen molar-refractivity contribution in [3.05, 3.63) is 119 Å². The highest BCUT2D eigenvalue weighted by molar-refractivity contribution is 5.46. The van der Waals surface area contributed by atoms with Crippen molar-refractivity contribution in [2.45, 2.75) is 45.4 Å². The van der Waals surface area contributed by atoms with Gasteiger partial charge in [0.1, 0.15) is 0 Å². The van der Waals surface area contributed by atoms with Gasteiger partial charge in [0.2, 0.25) is 0 Å². The van der Waals surface area contributed by atoms with Crippen molar-refractivity contribution in [1.82, 2.24) is 0 Å². The van der Waals surface area contributed by atoms with Gasteiger partial charge in [-0.1, -0.05) is 132 Å². The van der Waals surface area contributed by atoms with Gasteiger partial charge in [0.25, 0.3) is 0 Å². The number of allylic oxidation sites excluding steroid dienone is 8. The van der Waals surface area contributed by atoms with Crippen LogP contribution in [0.3, 0.4) is 0 Å². The molecule has 1 fully saturated rings. The zero-order valence-corrected chi connectivity index (χ0v) is 20.1. The van der Waals surface area contributed by atoms with Crippen LogP contribution in [0.2, 0.25) is 0 Å². The second-order valence-corrected chi connectivity index (χ2v) is 11.1. The average Bonchev–Trinajstić information content (AvgIpc) is 3.11. The van der Waals surface area contributed by atoms with Crippen LogP contribution < -0.4 is 0 Å². The van der Waals surface area contributed by atoms with Crippen LogP contribution in [0.5, 0.6) is 0 Å². The molecule has 2 aromatic carbocycles. The SMILES string of the molecule is CC1C2C=C(C(C)(C)c3ccccc3)C=CC2C2C=CC(C(C)(C)c3ccccc3)=CC12. The summed E-state index contributed by atoms with van der Waals surface area (Å²) in [7, 11) is 0. The Morgan fingerprint density at radius 1 is 0.531 bits per heavy atom. The Labute approximate surface area is 194 Å². The Kier molecular flexibility index (Phi) is 5.16. The van der Waals surface area contributed by atoms with Crippen LogP contribution in [0.15, 0.2) is 108 Å². The maximum absolute atomic E-state index is 2.62. The molecule has 4 atom stereocenters. The van der Waals surface area contributed by atoms with Gasteiger partial charge in [-0.2, -0.15) is 0 Å². The van der Waals surface area contributed by atoms with E-state index in [1.165, 1.54) is 22.3 Å². The molecule has 2 aromatic rings. The van der Waals surface area contributed by atoms with Gasteiger partial charge >= 0.3 is 0 Å². The molecule has 0 saturated heterocycles. The maximum Gasteiger partial charge on any atom is 0.0143 e. The van der Waals surface area contributed by atoms with E-state index in [0.29, 0.717) is 29.6 Å². The minimum Gasteiger partial charge on any atom is -0.0799 e. The zero-order chi connectivity index (χ0) is 22.5. The summed E-state index contributed by atoms with van der Waals surface area (Å²) in [6, 6.07) is 21.9. The minimum atomic E-state index is 0.0301. The molecule has 0 radical (unpaired) electrons. The fourth-order valence-corrected chi connectivity index (χ4v) is 6.34. The van der Waals surface area contributed by atoms with E-state index in [-0.39, 0.29) is 10.8 Å². The van der Waals surface area contributed by atoms with Crippen LogP contribution in [-0.4, -0.2) is 0 Å². The molecular formula is C32H36. The van der Waals surface area contributed by atoms with Gasteiger partial charge in [0.15, 0.2) is 0 Å². The van der Waals surface area contributed by atoms with Crippen molar-refractivity contribution in [3.8, 4) is 0 Å². The minimum absolute atomic E-state index is 0.0301. The molecule has 0 spiro atoms. The molecule has 3 aliphatic rings. The van der Waals surface area contributed by atoms with Crippen LogP contribution in [0.25, 0.3) is 0 Å². The standard InChI is InChI=1S/C32H36/c1-22-29-20-25(31(2,3)23-12-8-6-9-13-23)16-18-27(29)28-19-17-26(21-30(22)28)32(4,5)24-14-10-7-11-15-24/h6-22,27-30H,1-5H3. The predicted molar refractivity (Wildman–Crippen MR) is 137 cm³/mol. The van der Waals surface area contributed by atoms with Crippen molar-refractivity contribution < 1.29 is 0 Å². The van der Waals surface area contributed by atoms with Gasteiger partial charge in [0.05, 0.1) is 0 Å². The Hall–Kier alpha value is -2.60. The number of benzene rings is 2. The van der Waals surface area contributed by atoms with Gasteiger partial charge in [-0.3, -0.25) is 0 Å². The smallest absolute Gasteiger partial charge is 0.0143 e. The molecule has 0 N–H and O–H groups in total. The summed E-state index contributed by atoms with van der Waals surface area (Å²) in [6.07, 6.45) is 15.1. The van der Waals surface area contributed by atoms with E-state index in [1.807, 2.05) is 0 Å². The summed E-state index contributed by atoms with van der Waals surface area (Å²) in [4.78, 5) is 0. The molecule has 0 bridgehead atoms. The monoisotopic (exact) mass is 420 g/mol. The summed E-state index contributed by atoms with van der Waals surface area (Å²) in [6.45, 7) is 11.9. The molecule has 164 valence electrons. The first-order valence-electron chi connectivity index (χ1n) is 12.2. The van der Waals surface area contributed by atoms with Crippen LogP contribution in [0, 0.1) is 29.6 Å². The highest BCUT2D eigenvalue weighted by Crippen LogP contribution is 2.54. The van der Waals surface area contributed by atoms with Gasteiger partial charge in [0, 0.05) is 10.8 Å². The molecule has 0 heteroatoms. The quantitative estimate of drug-likeness (QED) is 0.469. The maximum atomic E-state index is 2.62. The third kappa shape index (κ3) is 3.36. The zero-order valence-electron chi connectivity index (χ0n) is 20.1. The molecular weight excluding hydrogens is 384 g/mol. The van der Waals surface area contributed by atoms with E-state index < -0.39 is 0 Å². The van der Waals surface area contributed by atoms with Crippen molar-refractivity contribution in [2.75, 3.05) is 0 Å². The summed E-state index contributed by atoms with van der Waals surface area (Å²) in [5.74, 6) is 3.07. The first kappa shape index (κ1) is 21.3. The second-order valence-electron chi connectivity index (χ2n) is 11.1. The number of rotatable bonds is 4. The highest BCUT2D eigenvalue weighted by atomic mass is 14.5. The Balaban J connectivity index is 1.45. The lowest BCUT2D eigenvalue weighted by Crippen LogP contribution is -2.25. The van der Waals surface area contributed by atoms with Crippen molar-refractivity contribution in [1.29, 1.82) is 0 Å². The van der Waals surface area contributed by atoms with Crippen molar-refractivity contribution in [3.63, 3.8) is 0 Å². The summed E-state index contributed by atoms with van der Waals surface area (Å²) in [5, 5.41) is 0. The Morgan fingerprint density at radius 2 is 0.906 bits per heavy atom. The Bertz CT molecular complexity index is 1000. The molecule has 0 heterocycles. The Morgan fingerprint density at radius 3 is 1.28 bits per heavy atom. The topological polar surface area (TPSA) is 0 Å². The molecule has 4 unspecified atom stereocenters. The fraction of sp³-hybridized carbons (Fsp3) is 0.375. The lowest BCUT2D eigenvalue weighted by atomic mass is 9.71. The number of hydrogen-bond donors (Lipinski definition) is 0. The van der Waals surface area contributed by atoms with Crippen LogP contribution in [-0.2, 0) is 10.8 Å². The van der Waals surface area contributed by atoms with Gasteiger partial charge in [-0.15, -0.1) is 0 Å². The number of fused-ring (bicyclic) bond motifs is 3. The first-order chi connectivity index (χ1) is 15.3. The van der Waals surface area contributed by atoms with Crippen LogP contribution in [0.1, 0.15) is 45.7 Å². The van der Waals surface area contributed by atoms with E-state index in [4.69, 9.17) is 0 Å². The third-order valence-corrected chi connectivity index (χ3v) is 8.72. The van der Waals surface area contributed by atoms with Crippen molar-refractivity contribution in [2.24, 2.45) is 29.6 Å². The summed E-state index contributed by atoms with van der Waals surface area (Å²) >= 11 is 0. The first-order valence-corrected chi connectivity index (χ1v) is 12.2. The fourth-order valence-electron chi connectivity index (χ4n) is 6.34. The van der Waals surface area contributed by atoms with E-state index in [1.54, 1.807) is 0 Å². The molecule has 0 aromatic heterocycles. The van der Waals surface area contributed by atoms with E-state index >= 15 is 0 Å². The molecule has 3 aliphatic carbocycles. The van der Waals surface area contributed by atoms with Gasteiger partial charge in [-0.25, -0.2) is 0 Å². The van der Waals surface area contributed by atoms with Gasteiger partial charge in [-0.05, 0) is 51.9 Å². The predicted octanol–water partition coefficient (Wildman–Crippen LogP) is 8.05. The van der Waals surface area contributed by atoms with Crippen molar-refractivity contribution >= 4 is 0 Å². The van der Waals surface area contributed by atoms with Crippen LogP contribution in [0.4, 0.5) is 0 Å². The molecule has 5 rings (SSSR count). The lowest BCUT2D eigenvalue weighted by molar-refractivity contribution is 0.406. The second kappa shape index (κ2) is 7.77. The van der Waals surface area contributed by atoms with Crippen LogP contribution >= 0.6 is 0 Å². The van der Waals surface area contributed by atoms with E-state index in [9.17, 15) is 0 Å². The molecule has 32 heavy (non-hydrogen) atoms. The summed E-state index contributed by atoms with van der Waals surface area (Å²) < 4.78 is 0. The lowest BCUT2D eigenvalue weighted by Gasteiger charge is -2.33. The largest absolute Gasteiger partial charge is 0.0799 e. The summed E-state index contributed by atoms with van der Waals surface area (Å²) in [5.41, 5.74) is 5.78. The van der Waals surface area contributed by atoms with Gasteiger partial charge < -0.3 is 0 Å². The molecule has 1 saturated carbocycles. The normalized spacial score (nSPS) is 29.2. The molecule has 0 amide bonds. The number of hydrogen-bond acceptors (Lipinski definition) is 0. The molecule has 0 nitrogen and oxygen atoms in total. The average molecular weight is 421 g/mol. The third-order valence-electron chi connectivity index (χ3n) is 8.72. The highest BCUT2D eigenvalue weighted by Gasteiger charge is 2.47. The van der Waals surface area contributed by atoms with E-state index in [0.717, 1.165) is 0 Å². The molecule has 0 aliphatic heterocycles. The van der Waals surface area contributed by atoms with E-state index in [2.05, 4.69) is 132 Å².